The Kier molecular flexibility index (Phi) is 2.34. The van der Waals surface area contributed by atoms with E-state index < -0.39 is 11.7 Å². The van der Waals surface area contributed by atoms with Crippen molar-refractivity contribution in [3.05, 3.63) is 42.2 Å². The highest BCUT2D eigenvalue weighted by molar-refractivity contribution is 5.53. The highest BCUT2D eigenvalue weighted by Gasteiger charge is 2.33. The molecule has 0 radical (unpaired) electrons. The SMILES string of the molecule is Nc1ccc(-n2cccn2)cc1C(F)(F)F. The van der Waals surface area contributed by atoms with E-state index in [1.807, 2.05) is 0 Å². The molecule has 0 bridgehead atoms. The van der Waals surface area contributed by atoms with Crippen molar-refractivity contribution < 1.29 is 13.2 Å². The Hall–Kier alpha value is -1.98. The topological polar surface area (TPSA) is 43.8 Å². The lowest BCUT2D eigenvalue weighted by molar-refractivity contribution is -0.136. The summed E-state index contributed by atoms with van der Waals surface area (Å²) in [5, 5.41) is 3.85. The number of nitrogen functional groups attached to an aromatic ring is 1. The van der Waals surface area contributed by atoms with Gasteiger partial charge in [-0.15, -0.1) is 0 Å². The van der Waals surface area contributed by atoms with E-state index in [1.165, 1.54) is 23.0 Å². The molecule has 2 aromatic rings. The van der Waals surface area contributed by atoms with Gasteiger partial charge in [-0.1, -0.05) is 0 Å². The van der Waals surface area contributed by atoms with Crippen molar-refractivity contribution in [1.82, 2.24) is 9.78 Å². The first-order valence-corrected chi connectivity index (χ1v) is 4.45. The van der Waals surface area contributed by atoms with Crippen LogP contribution < -0.4 is 5.73 Å². The van der Waals surface area contributed by atoms with Crippen molar-refractivity contribution in [2.75, 3.05) is 5.73 Å². The minimum atomic E-state index is -4.45. The number of hydrogen-bond acceptors (Lipinski definition) is 2. The van der Waals surface area contributed by atoms with Crippen LogP contribution in [0.3, 0.4) is 0 Å². The van der Waals surface area contributed by atoms with Gasteiger partial charge in [0.25, 0.3) is 0 Å². The van der Waals surface area contributed by atoms with E-state index in [2.05, 4.69) is 5.10 Å². The van der Waals surface area contributed by atoms with Crippen LogP contribution in [0.4, 0.5) is 18.9 Å². The zero-order valence-electron chi connectivity index (χ0n) is 8.07. The average molecular weight is 227 g/mol. The maximum Gasteiger partial charge on any atom is 0.418 e. The fourth-order valence-electron chi connectivity index (χ4n) is 1.35. The normalized spacial score (nSPS) is 11.7. The summed E-state index contributed by atoms with van der Waals surface area (Å²) in [5.74, 6) is 0. The van der Waals surface area contributed by atoms with Gasteiger partial charge in [0.15, 0.2) is 0 Å². The Morgan fingerprint density at radius 2 is 2.00 bits per heavy atom. The lowest BCUT2D eigenvalue weighted by Crippen LogP contribution is -2.10. The molecule has 0 atom stereocenters. The van der Waals surface area contributed by atoms with Crippen molar-refractivity contribution in [2.24, 2.45) is 0 Å². The van der Waals surface area contributed by atoms with Gasteiger partial charge in [0.1, 0.15) is 0 Å². The predicted molar refractivity (Wildman–Crippen MR) is 53.0 cm³/mol. The molecule has 0 aliphatic carbocycles. The van der Waals surface area contributed by atoms with E-state index in [1.54, 1.807) is 12.3 Å². The first-order chi connectivity index (χ1) is 7.48. The average Bonchev–Trinajstić information content (AvgIpc) is 2.69. The van der Waals surface area contributed by atoms with Gasteiger partial charge in [-0.3, -0.25) is 0 Å². The van der Waals surface area contributed by atoms with Crippen LogP contribution in [0, 0.1) is 0 Å². The summed E-state index contributed by atoms with van der Waals surface area (Å²) in [5.41, 5.74) is 4.47. The molecule has 0 aliphatic rings. The van der Waals surface area contributed by atoms with E-state index in [0.29, 0.717) is 5.69 Å². The van der Waals surface area contributed by atoms with Crippen molar-refractivity contribution in [1.29, 1.82) is 0 Å². The molecular formula is C10H8F3N3. The molecule has 6 heteroatoms. The van der Waals surface area contributed by atoms with Gasteiger partial charge >= 0.3 is 6.18 Å². The summed E-state index contributed by atoms with van der Waals surface area (Å²) in [7, 11) is 0. The van der Waals surface area contributed by atoms with Crippen molar-refractivity contribution in [2.45, 2.75) is 6.18 Å². The van der Waals surface area contributed by atoms with Crippen LogP contribution in [0.15, 0.2) is 36.7 Å². The van der Waals surface area contributed by atoms with Gasteiger partial charge < -0.3 is 5.73 Å². The van der Waals surface area contributed by atoms with Gasteiger partial charge in [-0.2, -0.15) is 18.3 Å². The fourth-order valence-corrected chi connectivity index (χ4v) is 1.35. The summed E-state index contributed by atoms with van der Waals surface area (Å²) in [6, 6.07) is 5.31. The molecule has 16 heavy (non-hydrogen) atoms. The quantitative estimate of drug-likeness (QED) is 0.760. The number of anilines is 1. The molecular weight excluding hydrogens is 219 g/mol. The largest absolute Gasteiger partial charge is 0.418 e. The van der Waals surface area contributed by atoms with Gasteiger partial charge in [-0.05, 0) is 24.3 Å². The Morgan fingerprint density at radius 1 is 1.25 bits per heavy atom. The molecule has 2 N–H and O–H groups in total. The maximum absolute atomic E-state index is 12.6. The highest BCUT2D eigenvalue weighted by atomic mass is 19.4. The third kappa shape index (κ3) is 1.86. The Labute approximate surface area is 89.3 Å². The number of hydrogen-bond donors (Lipinski definition) is 1. The zero-order valence-corrected chi connectivity index (χ0v) is 8.07. The number of benzene rings is 1. The van der Waals surface area contributed by atoms with Gasteiger partial charge in [0.05, 0.1) is 11.3 Å². The van der Waals surface area contributed by atoms with Gasteiger partial charge in [0.2, 0.25) is 0 Å². The minimum absolute atomic E-state index is 0.289. The number of aromatic nitrogens is 2. The predicted octanol–water partition coefficient (Wildman–Crippen LogP) is 2.47. The van der Waals surface area contributed by atoms with Crippen LogP contribution >= 0.6 is 0 Å². The Bertz CT molecular complexity index is 489. The molecule has 2 rings (SSSR count). The molecule has 0 aliphatic heterocycles. The molecule has 0 saturated carbocycles. The number of rotatable bonds is 1. The summed E-state index contributed by atoms with van der Waals surface area (Å²) in [6.45, 7) is 0. The fraction of sp³-hybridized carbons (Fsp3) is 0.100. The van der Waals surface area contributed by atoms with Crippen LogP contribution in [-0.2, 0) is 6.18 Å². The second-order valence-electron chi connectivity index (χ2n) is 3.22. The molecule has 0 fully saturated rings. The zero-order chi connectivity index (χ0) is 11.8. The van der Waals surface area contributed by atoms with Crippen LogP contribution in [0.5, 0.6) is 0 Å². The van der Waals surface area contributed by atoms with Crippen molar-refractivity contribution >= 4 is 5.69 Å². The first kappa shape index (κ1) is 10.5. The number of halogens is 3. The van der Waals surface area contributed by atoms with Crippen molar-refractivity contribution in [3.63, 3.8) is 0 Å². The second kappa shape index (κ2) is 3.55. The summed E-state index contributed by atoms with van der Waals surface area (Å²) < 4.78 is 39.0. The molecule has 1 aromatic carbocycles. The molecule has 0 saturated heterocycles. The monoisotopic (exact) mass is 227 g/mol. The first-order valence-electron chi connectivity index (χ1n) is 4.45. The Morgan fingerprint density at radius 3 is 2.56 bits per heavy atom. The Balaban J connectivity index is 2.52. The van der Waals surface area contributed by atoms with Gasteiger partial charge in [-0.25, -0.2) is 4.68 Å². The maximum atomic E-state index is 12.6. The molecule has 0 unspecified atom stereocenters. The molecule has 84 valence electrons. The smallest absolute Gasteiger partial charge is 0.398 e. The summed E-state index contributed by atoms with van der Waals surface area (Å²) >= 11 is 0. The van der Waals surface area contributed by atoms with Crippen LogP contribution in [0.2, 0.25) is 0 Å². The number of alkyl halides is 3. The standard InChI is InChI=1S/C10H8F3N3/c11-10(12,13)8-6-7(2-3-9(8)14)16-5-1-4-15-16/h1-6H,14H2. The lowest BCUT2D eigenvalue weighted by atomic mass is 10.1. The lowest BCUT2D eigenvalue weighted by Gasteiger charge is -2.11. The number of nitrogens with zero attached hydrogens (tertiary/aromatic N) is 2. The molecule has 3 nitrogen and oxygen atoms in total. The number of nitrogens with two attached hydrogens (primary N) is 1. The molecule has 1 heterocycles. The minimum Gasteiger partial charge on any atom is -0.398 e. The van der Waals surface area contributed by atoms with Crippen LogP contribution in [0.25, 0.3) is 5.69 Å². The second-order valence-corrected chi connectivity index (χ2v) is 3.22. The van der Waals surface area contributed by atoms with Gasteiger partial charge in [0, 0.05) is 18.1 Å². The van der Waals surface area contributed by atoms with E-state index in [9.17, 15) is 13.2 Å². The highest BCUT2D eigenvalue weighted by Crippen LogP contribution is 2.34. The molecule has 1 aromatic heterocycles. The van der Waals surface area contributed by atoms with E-state index in [-0.39, 0.29) is 5.69 Å². The van der Waals surface area contributed by atoms with E-state index in [4.69, 9.17) is 5.73 Å². The summed E-state index contributed by atoms with van der Waals surface area (Å²) in [4.78, 5) is 0. The van der Waals surface area contributed by atoms with E-state index >= 15 is 0 Å². The van der Waals surface area contributed by atoms with Crippen LogP contribution in [-0.4, -0.2) is 9.78 Å². The van der Waals surface area contributed by atoms with E-state index in [0.717, 1.165) is 6.07 Å². The third-order valence-electron chi connectivity index (χ3n) is 2.11. The molecule has 0 amide bonds. The molecule has 0 spiro atoms. The third-order valence-corrected chi connectivity index (χ3v) is 2.11. The summed E-state index contributed by atoms with van der Waals surface area (Å²) in [6.07, 6.45) is -1.40. The van der Waals surface area contributed by atoms with Crippen LogP contribution in [0.1, 0.15) is 5.56 Å². The van der Waals surface area contributed by atoms with Crippen molar-refractivity contribution in [3.8, 4) is 5.69 Å².